The molecule has 0 aliphatic heterocycles. The summed E-state index contributed by atoms with van der Waals surface area (Å²) in [4.78, 5) is 0.0622. The third kappa shape index (κ3) is 8.76. The first-order valence-corrected chi connectivity index (χ1v) is 18.6. The van der Waals surface area contributed by atoms with E-state index in [2.05, 4.69) is 0 Å². The van der Waals surface area contributed by atoms with Crippen LogP contribution in [0.25, 0.3) is 0 Å². The van der Waals surface area contributed by atoms with Crippen molar-refractivity contribution in [1.29, 1.82) is 0 Å². The molecule has 0 spiro atoms. The Labute approximate surface area is 269 Å². The quantitative estimate of drug-likeness (QED) is 0.101. The predicted octanol–water partition coefficient (Wildman–Crippen LogP) is 8.53. The first-order chi connectivity index (χ1) is 21.7. The van der Waals surface area contributed by atoms with Gasteiger partial charge in [0.2, 0.25) is 0 Å². The lowest BCUT2D eigenvalue weighted by molar-refractivity contribution is 0.301. The van der Waals surface area contributed by atoms with E-state index >= 15 is 0 Å². The fourth-order valence-electron chi connectivity index (χ4n) is 5.43. The lowest BCUT2D eigenvalue weighted by atomic mass is 10.1. The van der Waals surface area contributed by atoms with E-state index in [4.69, 9.17) is 9.47 Å². The molecule has 8 heteroatoms. The first-order valence-electron chi connectivity index (χ1n) is 15.6. The highest BCUT2D eigenvalue weighted by Gasteiger charge is 2.55. The van der Waals surface area contributed by atoms with Gasteiger partial charge in [0.25, 0.3) is 0 Å². The molecule has 0 aliphatic carbocycles. The minimum atomic E-state index is -4.32. The van der Waals surface area contributed by atoms with E-state index in [1.165, 1.54) is 24.3 Å². The summed E-state index contributed by atoms with van der Waals surface area (Å²) in [5.74, 6) is 1.54. The van der Waals surface area contributed by atoms with Crippen molar-refractivity contribution in [2.45, 2.75) is 79.1 Å². The molecule has 6 nitrogen and oxygen atoms in total. The Bertz CT molecular complexity index is 1540. The summed E-state index contributed by atoms with van der Waals surface area (Å²) in [6, 6.07) is 32.0. The molecule has 0 aliphatic rings. The summed E-state index contributed by atoms with van der Waals surface area (Å²) in [7, 11) is -8.63. The van der Waals surface area contributed by atoms with Gasteiger partial charge in [-0.1, -0.05) is 84.6 Å². The fourth-order valence-corrected chi connectivity index (χ4v) is 10.7. The molecular weight excluding hydrogens is 605 g/mol. The SMILES string of the molecule is Cc1ccc(S(=O)(=O)C(CCCCCOc2ccccc2)(CCCCCOc2ccccc2)S(=O)(=O)c2ccc(C)cc2)cc1. The highest BCUT2D eigenvalue weighted by Crippen LogP contribution is 2.43. The number of para-hydroxylation sites is 2. The normalized spacial score (nSPS) is 12.1. The van der Waals surface area contributed by atoms with Crippen LogP contribution < -0.4 is 9.47 Å². The van der Waals surface area contributed by atoms with Crippen LogP contribution in [0.1, 0.15) is 62.5 Å². The van der Waals surface area contributed by atoms with Crippen LogP contribution >= 0.6 is 0 Å². The summed E-state index contributed by atoms with van der Waals surface area (Å²) < 4.78 is 68.2. The summed E-state index contributed by atoms with van der Waals surface area (Å²) in [5.41, 5.74) is 1.80. The summed E-state index contributed by atoms with van der Waals surface area (Å²) in [6.45, 7) is 4.69. The number of hydrogen-bond donors (Lipinski definition) is 0. The Kier molecular flexibility index (Phi) is 12.3. The van der Waals surface area contributed by atoms with Crippen LogP contribution in [0.2, 0.25) is 0 Å². The molecule has 240 valence electrons. The molecule has 0 saturated heterocycles. The molecule has 0 saturated carbocycles. The molecule has 0 N–H and O–H groups in total. The zero-order valence-electron chi connectivity index (χ0n) is 26.2. The van der Waals surface area contributed by atoms with Crippen LogP contribution in [-0.2, 0) is 19.7 Å². The fraction of sp³-hybridized carbons (Fsp3) is 0.351. The van der Waals surface area contributed by atoms with Gasteiger partial charge in [-0.15, -0.1) is 0 Å². The van der Waals surface area contributed by atoms with Crippen molar-refractivity contribution >= 4 is 19.7 Å². The molecule has 0 aromatic heterocycles. The van der Waals surface area contributed by atoms with Gasteiger partial charge in [-0.05, 0) is 101 Å². The molecule has 4 rings (SSSR count). The molecule has 0 atom stereocenters. The smallest absolute Gasteiger partial charge is 0.198 e. The highest BCUT2D eigenvalue weighted by atomic mass is 32.3. The predicted molar refractivity (Wildman–Crippen MR) is 180 cm³/mol. The number of benzene rings is 4. The maximum Gasteiger partial charge on any atom is 0.198 e. The zero-order chi connectivity index (χ0) is 32.2. The van der Waals surface area contributed by atoms with Gasteiger partial charge >= 0.3 is 0 Å². The van der Waals surface area contributed by atoms with Gasteiger partial charge in [-0.25, -0.2) is 16.8 Å². The standard InChI is InChI=1S/C37H44O6S2/c1-31-19-23-35(24-20-31)44(38,39)37(45(40,41)36-25-21-32(2)22-26-36,27-11-5-13-29-42-33-15-7-3-8-16-33)28-12-6-14-30-43-34-17-9-4-10-18-34/h3-4,7-10,15-26H,5-6,11-14,27-30H2,1-2H3. The van der Waals surface area contributed by atoms with E-state index in [0.717, 1.165) is 22.6 Å². The molecule has 4 aromatic rings. The third-order valence-electron chi connectivity index (χ3n) is 8.07. The van der Waals surface area contributed by atoms with Crippen molar-refractivity contribution in [2.24, 2.45) is 0 Å². The summed E-state index contributed by atoms with van der Waals surface area (Å²) in [6.07, 6.45) is 3.44. The molecule has 0 heterocycles. The second-order valence-electron chi connectivity index (χ2n) is 11.5. The molecule has 0 bridgehead atoms. The van der Waals surface area contributed by atoms with Crippen LogP contribution in [0.3, 0.4) is 0 Å². The number of hydrogen-bond acceptors (Lipinski definition) is 6. The maximum atomic E-state index is 14.6. The van der Waals surface area contributed by atoms with Gasteiger partial charge in [-0.3, -0.25) is 0 Å². The van der Waals surface area contributed by atoms with Crippen LogP contribution in [0.15, 0.2) is 119 Å². The van der Waals surface area contributed by atoms with E-state index in [-0.39, 0.29) is 22.6 Å². The molecule has 4 aromatic carbocycles. The molecule has 0 unspecified atom stereocenters. The van der Waals surface area contributed by atoms with Crippen molar-refractivity contribution in [1.82, 2.24) is 0 Å². The zero-order valence-corrected chi connectivity index (χ0v) is 27.9. The topological polar surface area (TPSA) is 86.7 Å². The number of aryl methyl sites for hydroxylation is 2. The van der Waals surface area contributed by atoms with Gasteiger partial charge < -0.3 is 9.47 Å². The molecule has 0 amide bonds. The highest BCUT2D eigenvalue weighted by molar-refractivity contribution is 8.10. The number of sulfone groups is 2. The van der Waals surface area contributed by atoms with Crippen LogP contribution in [0.4, 0.5) is 0 Å². The van der Waals surface area contributed by atoms with Crippen LogP contribution in [0.5, 0.6) is 11.5 Å². The Morgan fingerprint density at radius 3 is 1.18 bits per heavy atom. The van der Waals surface area contributed by atoms with E-state index in [1.807, 2.05) is 74.5 Å². The second-order valence-corrected chi connectivity index (χ2v) is 16.3. The second kappa shape index (κ2) is 16.1. The monoisotopic (exact) mass is 648 g/mol. The van der Waals surface area contributed by atoms with Crippen LogP contribution in [-0.4, -0.2) is 34.1 Å². The Balaban J connectivity index is 1.59. The average molecular weight is 649 g/mol. The van der Waals surface area contributed by atoms with Crippen molar-refractivity contribution in [3.63, 3.8) is 0 Å². The summed E-state index contributed by atoms with van der Waals surface area (Å²) in [5, 5.41) is 0. The van der Waals surface area contributed by atoms with E-state index in [9.17, 15) is 16.8 Å². The maximum absolute atomic E-state index is 14.6. The molecule has 0 radical (unpaired) electrons. The minimum Gasteiger partial charge on any atom is -0.494 e. The lowest BCUT2D eigenvalue weighted by Crippen LogP contribution is -2.46. The van der Waals surface area contributed by atoms with E-state index in [1.54, 1.807) is 24.3 Å². The summed E-state index contributed by atoms with van der Waals surface area (Å²) >= 11 is 0. The van der Waals surface area contributed by atoms with Crippen molar-refractivity contribution < 1.29 is 26.3 Å². The van der Waals surface area contributed by atoms with Gasteiger partial charge in [0.05, 0.1) is 23.0 Å². The van der Waals surface area contributed by atoms with Gasteiger partial charge in [0.15, 0.2) is 23.8 Å². The van der Waals surface area contributed by atoms with Crippen LogP contribution in [0, 0.1) is 13.8 Å². The Hall–Kier alpha value is -3.62. The lowest BCUT2D eigenvalue weighted by Gasteiger charge is -2.33. The van der Waals surface area contributed by atoms with Gasteiger partial charge in [0.1, 0.15) is 11.5 Å². The third-order valence-corrected chi connectivity index (χ3v) is 13.9. The van der Waals surface area contributed by atoms with Gasteiger partial charge in [0, 0.05) is 0 Å². The Morgan fingerprint density at radius 1 is 0.467 bits per heavy atom. The van der Waals surface area contributed by atoms with Crippen molar-refractivity contribution in [2.75, 3.05) is 13.2 Å². The van der Waals surface area contributed by atoms with E-state index in [0.29, 0.717) is 51.7 Å². The first kappa shape index (κ1) is 34.3. The molecule has 45 heavy (non-hydrogen) atoms. The minimum absolute atomic E-state index is 0.00866. The number of ether oxygens (including phenoxy) is 2. The van der Waals surface area contributed by atoms with Crippen molar-refractivity contribution in [3.05, 3.63) is 120 Å². The molecular formula is C37H44O6S2. The van der Waals surface area contributed by atoms with E-state index < -0.39 is 23.8 Å². The Morgan fingerprint density at radius 2 is 0.822 bits per heavy atom. The largest absolute Gasteiger partial charge is 0.494 e. The molecule has 0 fully saturated rings. The number of unbranched alkanes of at least 4 members (excludes halogenated alkanes) is 4. The average Bonchev–Trinajstić information content (AvgIpc) is 3.04. The van der Waals surface area contributed by atoms with Gasteiger partial charge in [-0.2, -0.15) is 0 Å². The number of rotatable bonds is 18. The van der Waals surface area contributed by atoms with Crippen molar-refractivity contribution in [3.8, 4) is 11.5 Å².